The molecule has 812 valence electrons. The van der Waals surface area contributed by atoms with Crippen molar-refractivity contribution in [3.05, 3.63) is 161 Å². The summed E-state index contributed by atoms with van der Waals surface area (Å²) in [6.45, 7) is 7.49. The van der Waals surface area contributed by atoms with Crippen molar-refractivity contribution in [3.63, 3.8) is 0 Å². The molecule has 2 saturated carbocycles. The number of halogens is 3. The van der Waals surface area contributed by atoms with Crippen LogP contribution >= 0.6 is 11.8 Å². The van der Waals surface area contributed by atoms with Crippen molar-refractivity contribution in [1.82, 2.24) is 74.0 Å². The van der Waals surface area contributed by atoms with E-state index in [1.807, 2.05) is 30.3 Å². The fourth-order valence-electron chi connectivity index (χ4n) is 18.2. The highest BCUT2D eigenvalue weighted by Crippen LogP contribution is 2.33. The van der Waals surface area contributed by atoms with Gasteiger partial charge in [-0.2, -0.15) is 13.2 Å². The molecule has 3 aliphatic rings. The van der Waals surface area contributed by atoms with Crippen LogP contribution in [0.2, 0.25) is 0 Å². The van der Waals surface area contributed by atoms with E-state index in [-0.39, 0.29) is 92.7 Å². The molecule has 8 rings (SSSR count). The Labute approximate surface area is 868 Å². The molecule has 1 aliphatic heterocycles. The van der Waals surface area contributed by atoms with Gasteiger partial charge in [-0.25, -0.2) is 0 Å². The van der Waals surface area contributed by atoms with Gasteiger partial charge in [0.25, 0.3) is 0 Å². The number of carboxylic acids is 1. The molecule has 25 N–H and O–H groups in total. The summed E-state index contributed by atoms with van der Waals surface area (Å²) in [6.07, 6.45) is -4.70. The van der Waals surface area contributed by atoms with Crippen LogP contribution in [-0.4, -0.2) is 244 Å². The van der Waals surface area contributed by atoms with Crippen LogP contribution in [0.3, 0.4) is 0 Å². The number of likely N-dealkylation sites (N-methyl/N-ethyl adjacent to an activating group) is 1. The minimum atomic E-state index is -5.00. The number of nitrogens with two attached hydrogens (primary N) is 5. The number of ketones is 1. The van der Waals surface area contributed by atoms with Crippen LogP contribution in [0.5, 0.6) is 5.75 Å². The predicted molar refractivity (Wildman–Crippen MR) is 547 cm³/mol. The first-order valence-corrected chi connectivity index (χ1v) is 51.8. The normalized spacial score (nSPS) is 23.8. The second-order valence-corrected chi connectivity index (χ2v) is 40.4. The number of Topliss-reactive ketones (excluding diaryl/α,β-unsaturated/α-hetero) is 1. The van der Waals surface area contributed by atoms with E-state index in [9.17, 15) is 76.1 Å². The van der Waals surface area contributed by atoms with E-state index in [2.05, 4.69) is 69.1 Å². The Hall–Kier alpha value is -13.9. The summed E-state index contributed by atoms with van der Waals surface area (Å²) in [5.74, 6) is -24.5. The molecule has 0 spiro atoms. The third kappa shape index (κ3) is 40.3. The standard InChI is InChI=1S/C105H144F3N19O21S/c1-59(2)48-77-96(140)116-75(45-47-110)95(139)121-81(51-64-24-15-9-16-25-64)102(146)126-90(60(3)4)103(147)117-74(40-42-86(111)130)94(138)125-84(85(129)55-70(44-46-109)91(113)135)57-149-58-88(132)114-78(50-63-22-13-8-14-23-63)97(141)122-80(53-66-32-37-72(128)38-33-66)100(144)124-83(56-89(133)134)101(145)123-82(54-67-26-19-29-71(49-67)105(106,107)108)98(142)115-73(39-34-62-20-11-7-12-21-62)93(137)120-79(52-65-30-35-69(36-31-65)68-27-17-10-18-28-68)99(143)118-76(41-43-87(112)131)104(148)127(6)61(5)92(136)119-77/h7,10-12,17-21,26-33,35-38,49,59-61,63-64,70,73-84,90,128H,8-9,13-16,22-25,34,39-48,50-58,109-110H2,1-6H3,(H2,111,130)(H2,112,131)(H2,113,135)(H,114,132)(H,115,142)(H,116,140)(H,117,147)(H,118,143)(H,119,136)(H,120,137)(H,121,139)(H,122,141)(H,123,145)(H,124,144)(H,125,138)(H,126,146)(H,133,134)/t61-,70+,73-,74?,75-,76?,77+,78-,79-,80?,81?,82?,83-,84-,90?/m0/s1. The van der Waals surface area contributed by atoms with Crippen LogP contribution < -0.4 is 97.8 Å². The molecule has 40 nitrogen and oxygen atoms in total. The van der Waals surface area contributed by atoms with E-state index in [0.29, 0.717) is 61.3 Å². The molecule has 1 heterocycles. The number of aromatic hydroxyl groups is 1. The number of nitrogens with zero attached hydrogens (tertiary/aromatic N) is 1. The number of thioether (sulfide) groups is 1. The van der Waals surface area contributed by atoms with Gasteiger partial charge in [0.2, 0.25) is 100 Å². The van der Waals surface area contributed by atoms with Crippen molar-refractivity contribution in [2.75, 3.05) is 31.6 Å². The lowest BCUT2D eigenvalue weighted by Gasteiger charge is -2.32. The molecule has 5 aromatic rings. The smallest absolute Gasteiger partial charge is 0.416 e. The summed E-state index contributed by atoms with van der Waals surface area (Å²) in [4.78, 5) is 279. The number of carbonyl (C=O) groups is 19. The van der Waals surface area contributed by atoms with Crippen LogP contribution in [0.25, 0.3) is 11.1 Å². The highest BCUT2D eigenvalue weighted by molar-refractivity contribution is 8.00. The van der Waals surface area contributed by atoms with Crippen molar-refractivity contribution >= 4 is 124 Å². The van der Waals surface area contributed by atoms with Crippen molar-refractivity contribution in [2.24, 2.45) is 58.3 Å². The third-order valence-electron chi connectivity index (χ3n) is 26.7. The van der Waals surface area contributed by atoms with E-state index in [0.717, 1.165) is 60.0 Å². The summed E-state index contributed by atoms with van der Waals surface area (Å²) < 4.78 is 44.1. The number of amides is 17. The first kappa shape index (κ1) is 120. The third-order valence-corrected chi connectivity index (χ3v) is 27.8. The number of aliphatic carboxylic acids is 1. The molecule has 0 aromatic heterocycles. The fraction of sp³-hybridized carbons (Fsp3) is 0.533. The summed E-state index contributed by atoms with van der Waals surface area (Å²) in [5, 5.41) is 55.1. The van der Waals surface area contributed by atoms with Crippen LogP contribution in [-0.2, 0) is 123 Å². The molecule has 2 aliphatic carbocycles. The largest absolute Gasteiger partial charge is 0.508 e. The Morgan fingerprint density at radius 1 is 0.443 bits per heavy atom. The minimum Gasteiger partial charge on any atom is -0.508 e. The van der Waals surface area contributed by atoms with Crippen molar-refractivity contribution < 1.29 is 114 Å². The molecular formula is C105H144F3N19O21S. The average molecular weight is 2100 g/mol. The Balaban J connectivity index is 1.25. The monoisotopic (exact) mass is 2100 g/mol. The van der Waals surface area contributed by atoms with Crippen molar-refractivity contribution in [1.29, 1.82) is 0 Å². The van der Waals surface area contributed by atoms with Crippen LogP contribution in [0, 0.1) is 29.6 Å². The number of carboxylic acid groups (broad SMARTS) is 1. The van der Waals surface area contributed by atoms with Crippen molar-refractivity contribution in [2.45, 2.75) is 292 Å². The Bertz CT molecular complexity index is 5410. The van der Waals surface area contributed by atoms with Gasteiger partial charge < -0.3 is 113 Å². The number of rotatable bonds is 33. The van der Waals surface area contributed by atoms with Gasteiger partial charge in [-0.3, -0.25) is 91.1 Å². The summed E-state index contributed by atoms with van der Waals surface area (Å²) >= 11 is 0.743. The maximum Gasteiger partial charge on any atom is 0.416 e. The zero-order valence-corrected chi connectivity index (χ0v) is 85.7. The molecule has 0 radical (unpaired) electrons. The Morgan fingerprint density at radius 3 is 1.38 bits per heavy atom. The van der Waals surface area contributed by atoms with E-state index in [4.69, 9.17) is 28.7 Å². The van der Waals surface area contributed by atoms with E-state index >= 15 is 38.4 Å². The molecular weight excluding hydrogens is 1950 g/mol. The lowest BCUT2D eigenvalue weighted by atomic mass is 9.84. The first-order valence-electron chi connectivity index (χ1n) is 50.7. The lowest BCUT2D eigenvalue weighted by Crippen LogP contribution is -2.61. The Kier molecular flexibility index (Phi) is 48.4. The second-order valence-electron chi connectivity index (χ2n) is 39.4. The number of alkyl halides is 3. The number of phenols is 1. The van der Waals surface area contributed by atoms with Crippen molar-refractivity contribution in [3.8, 4) is 16.9 Å². The first-order chi connectivity index (χ1) is 70.8. The second kappa shape index (κ2) is 59.9. The summed E-state index contributed by atoms with van der Waals surface area (Å²) in [7, 11) is 1.18. The topological polar surface area (TPSA) is 655 Å². The van der Waals surface area contributed by atoms with E-state index in [1.165, 1.54) is 44.3 Å². The molecule has 0 bridgehead atoms. The molecule has 6 unspecified atom stereocenters. The number of benzene rings is 5. The van der Waals surface area contributed by atoms with Crippen LogP contribution in [0.15, 0.2) is 133 Å². The molecule has 1 saturated heterocycles. The quantitative estimate of drug-likeness (QED) is 0.0287. The maximum atomic E-state index is 15.7. The lowest BCUT2D eigenvalue weighted by molar-refractivity contribution is -0.143. The number of primary amides is 3. The number of phenolic OH excluding ortho intramolecular Hbond substituents is 1. The van der Waals surface area contributed by atoms with Gasteiger partial charge in [0.1, 0.15) is 84.3 Å². The minimum absolute atomic E-state index is 0.0131. The van der Waals surface area contributed by atoms with Crippen LogP contribution in [0.4, 0.5) is 13.2 Å². The van der Waals surface area contributed by atoms with Gasteiger partial charge in [-0.1, -0.05) is 207 Å². The molecule has 3 fully saturated rings. The highest BCUT2D eigenvalue weighted by atomic mass is 32.2. The number of nitrogens with one attached hydrogen (secondary N) is 13. The zero-order valence-electron chi connectivity index (χ0n) is 84.9. The molecule has 149 heavy (non-hydrogen) atoms. The van der Waals surface area contributed by atoms with E-state index < -0.39 is 290 Å². The summed E-state index contributed by atoms with van der Waals surface area (Å²) in [6, 6.07) is 9.02. The molecule has 5 aromatic carbocycles. The SMILES string of the molecule is CC(C)C[C@H]1NC(=O)[C@H](C)N(C)C(=O)C(CCC(N)=O)NC(=O)[C@H](Cc2ccc(-c3ccccc3)cc2)NC(=O)[C@H](CCc2ccccc2)NC(=O)C(Cc2cccc(C(F)(F)F)c2)NC(=O)[C@H](CC(=O)O)NC(=O)C(Cc2ccc(O)cc2)NC(=O)[C@H](CC2CCCCC2)NC(=O)CSC[C@@H](C(=O)C[C@@H](CCN)C(N)=O)NC(=O)C(CCC(N)=O)NC(=O)C(C(C)C)NC(=O)C(CC2CCCCC2)NC(=O)[C@H](CCN)NC1=O. The maximum absolute atomic E-state index is 15.7. The van der Waals surface area contributed by atoms with Gasteiger partial charge in [0.15, 0.2) is 5.78 Å². The average Bonchev–Trinajstić information content (AvgIpc) is 0.819. The molecule has 15 atom stereocenters. The van der Waals surface area contributed by atoms with Gasteiger partial charge in [0, 0.05) is 57.2 Å². The number of aryl methyl sites for hydroxylation is 1. The number of hydrogen-bond donors (Lipinski definition) is 20. The van der Waals surface area contributed by atoms with Gasteiger partial charge in [-0.05, 0) is 153 Å². The van der Waals surface area contributed by atoms with Gasteiger partial charge >= 0.3 is 12.1 Å². The number of hydrogen-bond acceptors (Lipinski definition) is 23. The zero-order chi connectivity index (χ0) is 109. The number of carbonyl (C=O) groups excluding carboxylic acids is 18. The van der Waals surface area contributed by atoms with Gasteiger partial charge in [0.05, 0.1) is 23.8 Å². The van der Waals surface area contributed by atoms with E-state index in [1.54, 1.807) is 82.3 Å². The van der Waals surface area contributed by atoms with Crippen LogP contribution in [0.1, 0.15) is 204 Å². The molecule has 17 amide bonds. The molecule has 44 heteroatoms. The Morgan fingerprint density at radius 2 is 0.866 bits per heavy atom. The fourth-order valence-corrected chi connectivity index (χ4v) is 19.1. The predicted octanol–water partition coefficient (Wildman–Crippen LogP) is 3.04. The highest BCUT2D eigenvalue weighted by Gasteiger charge is 2.43. The van der Waals surface area contributed by atoms with Gasteiger partial charge in [-0.15, -0.1) is 11.8 Å². The summed E-state index contributed by atoms with van der Waals surface area (Å²) in [5.41, 5.74) is 30.3.